The van der Waals surface area contributed by atoms with Gasteiger partial charge in [-0.25, -0.2) is 9.37 Å². The van der Waals surface area contributed by atoms with Crippen molar-refractivity contribution >= 4 is 10.9 Å². The Bertz CT molecular complexity index is 1130. The molecule has 3 aromatic carbocycles. The molecule has 0 bridgehead atoms. The van der Waals surface area contributed by atoms with Crippen LogP contribution >= 0.6 is 0 Å². The SMILES string of the molecule is Cc1ccc(F)cc1-c1ccc(-c2nc3ccccc3c(=O)[nH]2)cc1. The highest BCUT2D eigenvalue weighted by Gasteiger charge is 2.07. The molecule has 1 N–H and O–H groups in total. The highest BCUT2D eigenvalue weighted by atomic mass is 19.1. The van der Waals surface area contributed by atoms with E-state index in [2.05, 4.69) is 9.97 Å². The van der Waals surface area contributed by atoms with Gasteiger partial charge in [0.15, 0.2) is 0 Å². The number of H-pyrrole nitrogens is 1. The fourth-order valence-corrected chi connectivity index (χ4v) is 2.94. The van der Waals surface area contributed by atoms with Crippen LogP contribution in [0, 0.1) is 12.7 Å². The molecular weight excluding hydrogens is 315 g/mol. The summed E-state index contributed by atoms with van der Waals surface area (Å²) in [7, 11) is 0. The Morgan fingerprint density at radius 2 is 1.64 bits per heavy atom. The number of fused-ring (bicyclic) bond motifs is 1. The fraction of sp³-hybridized carbons (Fsp3) is 0.0476. The third-order valence-electron chi connectivity index (χ3n) is 4.28. The number of hydrogen-bond acceptors (Lipinski definition) is 2. The number of halogens is 1. The van der Waals surface area contributed by atoms with Gasteiger partial charge in [-0.2, -0.15) is 0 Å². The number of rotatable bonds is 2. The Morgan fingerprint density at radius 3 is 2.44 bits per heavy atom. The topological polar surface area (TPSA) is 45.8 Å². The van der Waals surface area contributed by atoms with Crippen LogP contribution in [-0.2, 0) is 0 Å². The van der Waals surface area contributed by atoms with Crippen molar-refractivity contribution < 1.29 is 4.39 Å². The Labute approximate surface area is 143 Å². The lowest BCUT2D eigenvalue weighted by molar-refractivity contribution is 0.628. The van der Waals surface area contributed by atoms with E-state index in [9.17, 15) is 9.18 Å². The van der Waals surface area contributed by atoms with E-state index < -0.39 is 0 Å². The lowest BCUT2D eigenvalue weighted by atomic mass is 9.99. The third kappa shape index (κ3) is 2.83. The number of aryl methyl sites for hydroxylation is 1. The average Bonchev–Trinajstić information content (AvgIpc) is 2.64. The maximum atomic E-state index is 13.5. The molecule has 0 unspecified atom stereocenters. The summed E-state index contributed by atoms with van der Waals surface area (Å²) in [5, 5.41) is 0.568. The molecule has 0 atom stereocenters. The number of aromatic amines is 1. The number of hydrogen-bond donors (Lipinski definition) is 1. The molecule has 0 aliphatic heterocycles. The van der Waals surface area contributed by atoms with Gasteiger partial charge in [0, 0.05) is 5.56 Å². The minimum absolute atomic E-state index is 0.161. The molecule has 0 aliphatic rings. The lowest BCUT2D eigenvalue weighted by Gasteiger charge is -2.08. The van der Waals surface area contributed by atoms with Crippen LogP contribution in [0.5, 0.6) is 0 Å². The van der Waals surface area contributed by atoms with Crippen LogP contribution in [-0.4, -0.2) is 9.97 Å². The Balaban J connectivity index is 1.78. The highest BCUT2D eigenvalue weighted by Crippen LogP contribution is 2.26. The summed E-state index contributed by atoms with van der Waals surface area (Å²) in [6, 6.07) is 19.6. The van der Waals surface area contributed by atoms with Gasteiger partial charge in [-0.1, -0.05) is 42.5 Å². The zero-order valence-corrected chi connectivity index (χ0v) is 13.6. The Kier molecular flexibility index (Phi) is 3.65. The quantitative estimate of drug-likeness (QED) is 0.579. The first kappa shape index (κ1) is 15.3. The van der Waals surface area contributed by atoms with E-state index in [0.29, 0.717) is 16.7 Å². The average molecular weight is 330 g/mol. The van der Waals surface area contributed by atoms with E-state index in [1.165, 1.54) is 12.1 Å². The molecule has 0 aliphatic carbocycles. The largest absolute Gasteiger partial charge is 0.306 e. The molecule has 1 heterocycles. The molecule has 4 rings (SSSR count). The molecule has 122 valence electrons. The summed E-state index contributed by atoms with van der Waals surface area (Å²) in [6.45, 7) is 1.95. The number of nitrogens with zero attached hydrogens (tertiary/aromatic N) is 1. The Morgan fingerprint density at radius 1 is 0.920 bits per heavy atom. The minimum atomic E-state index is -0.259. The van der Waals surface area contributed by atoms with Crippen LogP contribution in [0.3, 0.4) is 0 Å². The van der Waals surface area contributed by atoms with Crippen molar-refractivity contribution in [3.05, 3.63) is 88.5 Å². The predicted molar refractivity (Wildman–Crippen MR) is 97.9 cm³/mol. The van der Waals surface area contributed by atoms with Crippen LogP contribution in [0.25, 0.3) is 33.4 Å². The van der Waals surface area contributed by atoms with Gasteiger partial charge in [-0.3, -0.25) is 4.79 Å². The summed E-state index contributed by atoms with van der Waals surface area (Å²) in [6.07, 6.45) is 0. The van der Waals surface area contributed by atoms with Crippen LogP contribution in [0.2, 0.25) is 0 Å². The molecule has 0 spiro atoms. The zero-order valence-electron chi connectivity index (χ0n) is 13.6. The van der Waals surface area contributed by atoms with Crippen molar-refractivity contribution in [1.29, 1.82) is 0 Å². The number of benzene rings is 3. The number of aromatic nitrogens is 2. The minimum Gasteiger partial charge on any atom is -0.306 e. The van der Waals surface area contributed by atoms with E-state index in [1.807, 2.05) is 49.4 Å². The van der Waals surface area contributed by atoms with Crippen LogP contribution in [0.1, 0.15) is 5.56 Å². The van der Waals surface area contributed by atoms with Gasteiger partial charge in [0.25, 0.3) is 5.56 Å². The second kappa shape index (κ2) is 5.98. The number of para-hydroxylation sites is 1. The molecule has 0 saturated heterocycles. The summed E-state index contributed by atoms with van der Waals surface area (Å²) in [4.78, 5) is 19.6. The first-order valence-electron chi connectivity index (χ1n) is 7.98. The molecule has 0 amide bonds. The van der Waals surface area contributed by atoms with Crippen molar-refractivity contribution in [1.82, 2.24) is 9.97 Å². The van der Waals surface area contributed by atoms with Gasteiger partial charge in [-0.05, 0) is 47.9 Å². The molecule has 25 heavy (non-hydrogen) atoms. The molecule has 4 heteroatoms. The predicted octanol–water partition coefficient (Wildman–Crippen LogP) is 4.70. The van der Waals surface area contributed by atoms with Crippen LogP contribution in [0.4, 0.5) is 4.39 Å². The van der Waals surface area contributed by atoms with Crippen LogP contribution in [0.15, 0.2) is 71.5 Å². The van der Waals surface area contributed by atoms with E-state index in [1.54, 1.807) is 12.1 Å². The van der Waals surface area contributed by atoms with Gasteiger partial charge in [0.2, 0.25) is 0 Å². The fourth-order valence-electron chi connectivity index (χ4n) is 2.94. The number of nitrogens with one attached hydrogen (secondary N) is 1. The second-order valence-electron chi connectivity index (χ2n) is 5.97. The van der Waals surface area contributed by atoms with Crippen molar-refractivity contribution in [3.8, 4) is 22.5 Å². The molecule has 1 aromatic heterocycles. The van der Waals surface area contributed by atoms with Gasteiger partial charge in [-0.15, -0.1) is 0 Å². The lowest BCUT2D eigenvalue weighted by Crippen LogP contribution is -2.09. The molecule has 0 saturated carbocycles. The first-order chi connectivity index (χ1) is 12.1. The van der Waals surface area contributed by atoms with Crippen molar-refractivity contribution in [2.45, 2.75) is 6.92 Å². The third-order valence-corrected chi connectivity index (χ3v) is 4.28. The van der Waals surface area contributed by atoms with Crippen molar-refractivity contribution in [2.24, 2.45) is 0 Å². The van der Waals surface area contributed by atoms with Crippen LogP contribution < -0.4 is 5.56 Å². The standard InChI is InChI=1S/C21H15FN2O/c1-13-6-11-16(22)12-18(13)14-7-9-15(10-8-14)20-23-19-5-3-2-4-17(19)21(25)24-20/h2-12H,1H3,(H,23,24,25). The van der Waals surface area contributed by atoms with E-state index in [4.69, 9.17) is 0 Å². The van der Waals surface area contributed by atoms with Gasteiger partial charge in [0.05, 0.1) is 10.9 Å². The second-order valence-corrected chi connectivity index (χ2v) is 5.97. The summed E-state index contributed by atoms with van der Waals surface area (Å²) >= 11 is 0. The smallest absolute Gasteiger partial charge is 0.259 e. The zero-order chi connectivity index (χ0) is 17.4. The first-order valence-corrected chi connectivity index (χ1v) is 7.98. The Hall–Kier alpha value is -3.27. The van der Waals surface area contributed by atoms with E-state index in [0.717, 1.165) is 22.3 Å². The van der Waals surface area contributed by atoms with E-state index in [-0.39, 0.29) is 11.4 Å². The van der Waals surface area contributed by atoms with Gasteiger partial charge < -0.3 is 4.98 Å². The summed E-state index contributed by atoms with van der Waals surface area (Å²) < 4.78 is 13.5. The summed E-state index contributed by atoms with van der Waals surface area (Å²) in [5.41, 5.74) is 4.08. The molecule has 3 nitrogen and oxygen atoms in total. The highest BCUT2D eigenvalue weighted by molar-refractivity contribution is 5.79. The maximum Gasteiger partial charge on any atom is 0.259 e. The maximum absolute atomic E-state index is 13.5. The molecule has 0 radical (unpaired) electrons. The van der Waals surface area contributed by atoms with E-state index >= 15 is 0 Å². The van der Waals surface area contributed by atoms with Gasteiger partial charge in [0.1, 0.15) is 11.6 Å². The van der Waals surface area contributed by atoms with Gasteiger partial charge >= 0.3 is 0 Å². The normalized spacial score (nSPS) is 11.0. The molecule has 0 fully saturated rings. The summed E-state index contributed by atoms with van der Waals surface area (Å²) in [5.74, 6) is 0.261. The van der Waals surface area contributed by atoms with Crippen molar-refractivity contribution in [2.75, 3.05) is 0 Å². The molecular formula is C21H15FN2O. The van der Waals surface area contributed by atoms with Crippen molar-refractivity contribution in [3.63, 3.8) is 0 Å². The molecule has 4 aromatic rings. The monoisotopic (exact) mass is 330 g/mol.